The van der Waals surface area contributed by atoms with Crippen LogP contribution in [-0.4, -0.2) is 43.7 Å². The molecule has 58 valence electrons. The fraction of sp³-hybridized carbons (Fsp3) is 0.833. The second kappa shape index (κ2) is 3.53. The number of amides is 1. The molecule has 4 nitrogen and oxygen atoms in total. The Morgan fingerprint density at radius 2 is 2.50 bits per heavy atom. The van der Waals surface area contributed by atoms with Crippen LogP contribution < -0.4 is 5.73 Å². The first kappa shape index (κ1) is 7.50. The van der Waals surface area contributed by atoms with Crippen molar-refractivity contribution in [2.75, 3.05) is 26.3 Å². The molecule has 0 aromatic heterocycles. The minimum absolute atomic E-state index is 0.0206. The first-order chi connectivity index (χ1) is 4.83. The van der Waals surface area contributed by atoms with Crippen LogP contribution in [0.2, 0.25) is 0 Å². The van der Waals surface area contributed by atoms with Crippen molar-refractivity contribution in [3.8, 4) is 0 Å². The van der Waals surface area contributed by atoms with E-state index >= 15 is 0 Å². The van der Waals surface area contributed by atoms with Gasteiger partial charge in [-0.2, -0.15) is 0 Å². The third-order valence-electron chi connectivity index (χ3n) is 1.47. The highest BCUT2D eigenvalue weighted by atomic mass is 16.5. The largest absolute Gasteiger partial charge is 0.378 e. The first-order valence-corrected chi connectivity index (χ1v) is 3.35. The van der Waals surface area contributed by atoms with Crippen molar-refractivity contribution in [3.05, 3.63) is 0 Å². The SMILES string of the molecule is NC1COCCN(C=O)C1. The van der Waals surface area contributed by atoms with Gasteiger partial charge in [0.25, 0.3) is 0 Å². The number of ether oxygens (including phenoxy) is 1. The number of hydrogen-bond donors (Lipinski definition) is 1. The highest BCUT2D eigenvalue weighted by Gasteiger charge is 2.12. The van der Waals surface area contributed by atoms with E-state index in [0.717, 1.165) is 6.41 Å². The number of hydrogen-bond acceptors (Lipinski definition) is 3. The van der Waals surface area contributed by atoms with E-state index in [-0.39, 0.29) is 6.04 Å². The molecule has 1 atom stereocenters. The van der Waals surface area contributed by atoms with Crippen molar-refractivity contribution in [2.45, 2.75) is 6.04 Å². The molecule has 0 aliphatic carbocycles. The Bertz CT molecular complexity index is 118. The molecule has 1 fully saturated rings. The Morgan fingerprint density at radius 3 is 3.20 bits per heavy atom. The van der Waals surface area contributed by atoms with Gasteiger partial charge in [0.15, 0.2) is 0 Å². The van der Waals surface area contributed by atoms with Gasteiger partial charge >= 0.3 is 0 Å². The van der Waals surface area contributed by atoms with E-state index in [0.29, 0.717) is 26.3 Å². The third kappa shape index (κ3) is 1.97. The van der Waals surface area contributed by atoms with Crippen molar-refractivity contribution in [1.29, 1.82) is 0 Å². The summed E-state index contributed by atoms with van der Waals surface area (Å²) >= 11 is 0. The summed E-state index contributed by atoms with van der Waals surface area (Å²) in [6.45, 7) is 2.44. The third-order valence-corrected chi connectivity index (χ3v) is 1.47. The van der Waals surface area contributed by atoms with E-state index in [2.05, 4.69) is 0 Å². The summed E-state index contributed by atoms with van der Waals surface area (Å²) < 4.78 is 5.11. The van der Waals surface area contributed by atoms with Crippen LogP contribution in [0.5, 0.6) is 0 Å². The van der Waals surface area contributed by atoms with Crippen LogP contribution in [0.4, 0.5) is 0 Å². The van der Waals surface area contributed by atoms with Crippen LogP contribution in [0.3, 0.4) is 0 Å². The lowest BCUT2D eigenvalue weighted by Gasteiger charge is -2.14. The molecular weight excluding hydrogens is 132 g/mol. The van der Waals surface area contributed by atoms with Gasteiger partial charge in [-0.3, -0.25) is 4.79 Å². The molecule has 2 N–H and O–H groups in total. The molecule has 1 saturated heterocycles. The minimum atomic E-state index is -0.0206. The molecule has 4 heteroatoms. The van der Waals surface area contributed by atoms with Gasteiger partial charge in [0.1, 0.15) is 0 Å². The Hall–Kier alpha value is -0.610. The highest BCUT2D eigenvalue weighted by molar-refractivity contribution is 5.47. The Labute approximate surface area is 59.9 Å². The van der Waals surface area contributed by atoms with E-state index in [1.54, 1.807) is 4.90 Å². The number of rotatable bonds is 1. The average Bonchev–Trinajstić information content (AvgIpc) is 2.13. The minimum Gasteiger partial charge on any atom is -0.378 e. The molecule has 1 aliphatic rings. The van der Waals surface area contributed by atoms with Crippen molar-refractivity contribution in [1.82, 2.24) is 4.90 Å². The average molecular weight is 144 g/mol. The van der Waals surface area contributed by atoms with Gasteiger partial charge in [-0.1, -0.05) is 0 Å². The number of nitrogens with two attached hydrogens (primary N) is 1. The molecule has 0 radical (unpaired) electrons. The zero-order chi connectivity index (χ0) is 7.40. The van der Waals surface area contributed by atoms with Crippen LogP contribution in [0.25, 0.3) is 0 Å². The molecule has 1 amide bonds. The lowest BCUT2D eigenvalue weighted by Crippen LogP contribution is -2.37. The molecule has 0 bridgehead atoms. The summed E-state index contributed by atoms with van der Waals surface area (Å²) in [6.07, 6.45) is 0.814. The quantitative estimate of drug-likeness (QED) is 0.470. The van der Waals surface area contributed by atoms with Crippen molar-refractivity contribution in [2.24, 2.45) is 5.73 Å². The lowest BCUT2D eigenvalue weighted by molar-refractivity contribution is -0.118. The molecule has 0 aromatic carbocycles. The van der Waals surface area contributed by atoms with E-state index in [1.807, 2.05) is 0 Å². The predicted molar refractivity (Wildman–Crippen MR) is 36.4 cm³/mol. The second-order valence-electron chi connectivity index (χ2n) is 2.44. The van der Waals surface area contributed by atoms with Gasteiger partial charge in [-0.15, -0.1) is 0 Å². The first-order valence-electron chi connectivity index (χ1n) is 3.35. The maximum absolute atomic E-state index is 10.3. The zero-order valence-electron chi connectivity index (χ0n) is 5.82. The second-order valence-corrected chi connectivity index (χ2v) is 2.44. The fourth-order valence-electron chi connectivity index (χ4n) is 0.957. The molecule has 1 heterocycles. The smallest absolute Gasteiger partial charge is 0.209 e. The number of carbonyl (C=O) groups is 1. The summed E-state index contributed by atoms with van der Waals surface area (Å²) in [5.74, 6) is 0. The maximum Gasteiger partial charge on any atom is 0.209 e. The molecule has 0 aromatic rings. The Balaban J connectivity index is 2.37. The van der Waals surface area contributed by atoms with Gasteiger partial charge in [0.2, 0.25) is 6.41 Å². The Morgan fingerprint density at radius 1 is 1.70 bits per heavy atom. The van der Waals surface area contributed by atoms with Gasteiger partial charge in [0, 0.05) is 19.1 Å². The van der Waals surface area contributed by atoms with Crippen LogP contribution in [0, 0.1) is 0 Å². The summed E-state index contributed by atoms with van der Waals surface area (Å²) in [7, 11) is 0. The van der Waals surface area contributed by atoms with E-state index in [1.165, 1.54) is 0 Å². The maximum atomic E-state index is 10.3. The summed E-state index contributed by atoms with van der Waals surface area (Å²) in [5, 5.41) is 0. The topological polar surface area (TPSA) is 55.6 Å². The van der Waals surface area contributed by atoms with E-state index in [9.17, 15) is 4.79 Å². The molecule has 1 rings (SSSR count). The zero-order valence-corrected chi connectivity index (χ0v) is 5.82. The van der Waals surface area contributed by atoms with Crippen molar-refractivity contribution < 1.29 is 9.53 Å². The predicted octanol–water partition coefficient (Wildman–Crippen LogP) is -1.20. The highest BCUT2D eigenvalue weighted by Crippen LogP contribution is 1.94. The molecule has 0 spiro atoms. The van der Waals surface area contributed by atoms with Gasteiger partial charge in [-0.05, 0) is 0 Å². The molecule has 10 heavy (non-hydrogen) atoms. The van der Waals surface area contributed by atoms with Crippen molar-refractivity contribution >= 4 is 6.41 Å². The summed E-state index contributed by atoms with van der Waals surface area (Å²) in [5.41, 5.74) is 5.58. The van der Waals surface area contributed by atoms with E-state index in [4.69, 9.17) is 10.5 Å². The van der Waals surface area contributed by atoms with Crippen LogP contribution >= 0.6 is 0 Å². The van der Waals surface area contributed by atoms with E-state index < -0.39 is 0 Å². The van der Waals surface area contributed by atoms with Crippen LogP contribution in [-0.2, 0) is 9.53 Å². The molecule has 1 unspecified atom stereocenters. The van der Waals surface area contributed by atoms with Crippen LogP contribution in [0.15, 0.2) is 0 Å². The molecule has 1 aliphatic heterocycles. The number of carbonyl (C=O) groups excluding carboxylic acids is 1. The van der Waals surface area contributed by atoms with Crippen LogP contribution in [0.1, 0.15) is 0 Å². The van der Waals surface area contributed by atoms with Gasteiger partial charge in [0.05, 0.1) is 13.2 Å². The normalized spacial score (nSPS) is 27.7. The van der Waals surface area contributed by atoms with Gasteiger partial charge in [-0.25, -0.2) is 0 Å². The standard InChI is InChI=1S/C6H12N2O2/c7-6-3-8(5-9)1-2-10-4-6/h5-6H,1-4,7H2. The van der Waals surface area contributed by atoms with Gasteiger partial charge < -0.3 is 15.4 Å². The summed E-state index contributed by atoms with van der Waals surface area (Å²) in [6, 6.07) is -0.0206. The van der Waals surface area contributed by atoms with Crippen molar-refractivity contribution in [3.63, 3.8) is 0 Å². The Kier molecular flexibility index (Phi) is 2.65. The number of nitrogens with zero attached hydrogens (tertiary/aromatic N) is 1. The molecule has 0 saturated carbocycles. The summed E-state index contributed by atoms with van der Waals surface area (Å²) in [4.78, 5) is 11.9. The molecular formula is C6H12N2O2. The lowest BCUT2D eigenvalue weighted by atomic mass is 10.3. The fourth-order valence-corrected chi connectivity index (χ4v) is 0.957. The monoisotopic (exact) mass is 144 g/mol.